The molecule has 148 valence electrons. The molecule has 2 aromatic rings. The second-order valence-electron chi connectivity index (χ2n) is 6.38. The highest BCUT2D eigenvalue weighted by molar-refractivity contribution is 9.10. The molecular weight excluding hydrogens is 456 g/mol. The number of sulfonamides is 2. The molecule has 1 N–H and O–H groups in total. The van der Waals surface area contributed by atoms with Gasteiger partial charge in [0, 0.05) is 30.7 Å². The number of H-pyrrole nitrogens is 1. The van der Waals surface area contributed by atoms with Crippen LogP contribution in [0.4, 0.5) is 0 Å². The number of rotatable bonds is 4. The van der Waals surface area contributed by atoms with E-state index in [9.17, 15) is 16.8 Å². The van der Waals surface area contributed by atoms with Gasteiger partial charge in [-0.15, -0.1) is 0 Å². The van der Waals surface area contributed by atoms with Crippen molar-refractivity contribution < 1.29 is 16.8 Å². The fraction of sp³-hybridized carbons (Fsp3) is 0.438. The summed E-state index contributed by atoms with van der Waals surface area (Å²) >= 11 is 3.29. The third kappa shape index (κ3) is 3.97. The number of aryl methyl sites for hydroxylation is 2. The minimum absolute atomic E-state index is 0.0994. The smallest absolute Gasteiger partial charge is 0.246 e. The van der Waals surface area contributed by atoms with Gasteiger partial charge >= 0.3 is 0 Å². The molecular formula is C16H21BrN4O4S2. The first-order valence-corrected chi connectivity index (χ1v) is 12.1. The number of halogens is 1. The summed E-state index contributed by atoms with van der Waals surface area (Å²) in [6.45, 7) is 4.04. The van der Waals surface area contributed by atoms with Gasteiger partial charge in [0.25, 0.3) is 0 Å². The van der Waals surface area contributed by atoms with Crippen LogP contribution in [0.25, 0.3) is 0 Å². The largest absolute Gasteiger partial charge is 0.281 e. The molecule has 1 aromatic carbocycles. The Kier molecular flexibility index (Phi) is 5.78. The zero-order valence-corrected chi connectivity index (χ0v) is 18.2. The lowest BCUT2D eigenvalue weighted by Gasteiger charge is -2.22. The first-order valence-electron chi connectivity index (χ1n) is 8.41. The van der Waals surface area contributed by atoms with Crippen LogP contribution < -0.4 is 0 Å². The van der Waals surface area contributed by atoms with Crippen LogP contribution in [-0.2, 0) is 20.0 Å². The van der Waals surface area contributed by atoms with Crippen molar-refractivity contribution in [3.63, 3.8) is 0 Å². The van der Waals surface area contributed by atoms with Crippen molar-refractivity contribution in [2.75, 3.05) is 26.2 Å². The van der Waals surface area contributed by atoms with Gasteiger partial charge in [-0.05, 0) is 44.5 Å². The molecule has 1 aromatic heterocycles. The van der Waals surface area contributed by atoms with Gasteiger partial charge in [-0.25, -0.2) is 16.8 Å². The van der Waals surface area contributed by atoms with Crippen LogP contribution in [0.3, 0.4) is 0 Å². The summed E-state index contributed by atoms with van der Waals surface area (Å²) in [5.41, 5.74) is 0.896. The minimum Gasteiger partial charge on any atom is -0.281 e. The number of benzene rings is 1. The van der Waals surface area contributed by atoms with Gasteiger partial charge in [-0.2, -0.15) is 13.7 Å². The van der Waals surface area contributed by atoms with E-state index in [4.69, 9.17) is 0 Å². The van der Waals surface area contributed by atoms with E-state index in [2.05, 4.69) is 26.1 Å². The van der Waals surface area contributed by atoms with Gasteiger partial charge in [-0.1, -0.05) is 15.9 Å². The molecule has 2 heterocycles. The number of nitrogens with one attached hydrogen (secondary N) is 1. The molecule has 1 saturated heterocycles. The molecule has 0 spiro atoms. The highest BCUT2D eigenvalue weighted by Crippen LogP contribution is 2.25. The molecule has 0 saturated carbocycles. The summed E-state index contributed by atoms with van der Waals surface area (Å²) < 4.78 is 55.2. The third-order valence-electron chi connectivity index (χ3n) is 4.52. The Balaban J connectivity index is 1.82. The summed E-state index contributed by atoms with van der Waals surface area (Å²) in [5.74, 6) is 0. The van der Waals surface area contributed by atoms with Crippen LogP contribution in [0, 0.1) is 13.8 Å². The summed E-state index contributed by atoms with van der Waals surface area (Å²) in [5, 5.41) is 6.65. The number of hydrogen-bond acceptors (Lipinski definition) is 5. The first kappa shape index (κ1) is 20.5. The third-order valence-corrected chi connectivity index (χ3v) is 9.13. The molecule has 0 bridgehead atoms. The van der Waals surface area contributed by atoms with Gasteiger partial charge in [0.1, 0.15) is 4.90 Å². The van der Waals surface area contributed by atoms with Gasteiger partial charge in [0.05, 0.1) is 16.3 Å². The lowest BCUT2D eigenvalue weighted by Crippen LogP contribution is -2.37. The van der Waals surface area contributed by atoms with Crippen LogP contribution in [0.1, 0.15) is 17.8 Å². The van der Waals surface area contributed by atoms with Crippen LogP contribution in [0.15, 0.2) is 38.5 Å². The topological polar surface area (TPSA) is 103 Å². The molecule has 1 aliphatic heterocycles. The van der Waals surface area contributed by atoms with E-state index in [-0.39, 0.29) is 36.0 Å². The van der Waals surface area contributed by atoms with Gasteiger partial charge in [0.15, 0.2) is 0 Å². The SMILES string of the molecule is Cc1n[nH]c(C)c1S(=O)(=O)N1CCCN(S(=O)(=O)c2ccc(Br)cc2)CC1. The van der Waals surface area contributed by atoms with Crippen molar-refractivity contribution >= 4 is 36.0 Å². The summed E-state index contributed by atoms with van der Waals surface area (Å²) in [6.07, 6.45) is 0.422. The summed E-state index contributed by atoms with van der Waals surface area (Å²) in [6, 6.07) is 6.42. The van der Waals surface area contributed by atoms with Crippen molar-refractivity contribution in [2.45, 2.75) is 30.1 Å². The van der Waals surface area contributed by atoms with Crippen LogP contribution in [-0.4, -0.2) is 61.8 Å². The Bertz CT molecular complexity index is 1010. The molecule has 27 heavy (non-hydrogen) atoms. The van der Waals surface area contributed by atoms with Crippen LogP contribution in [0.5, 0.6) is 0 Å². The zero-order chi connectivity index (χ0) is 19.8. The molecule has 1 aliphatic rings. The van der Waals surface area contributed by atoms with E-state index in [0.717, 1.165) is 4.47 Å². The lowest BCUT2D eigenvalue weighted by molar-refractivity contribution is 0.404. The Morgan fingerprint density at radius 3 is 2.00 bits per heavy atom. The molecule has 1 fully saturated rings. The van der Waals surface area contributed by atoms with E-state index < -0.39 is 20.0 Å². The van der Waals surface area contributed by atoms with Gasteiger partial charge in [0.2, 0.25) is 20.0 Å². The number of aromatic nitrogens is 2. The molecule has 3 rings (SSSR count). The lowest BCUT2D eigenvalue weighted by atomic mass is 10.4. The van der Waals surface area contributed by atoms with Crippen LogP contribution >= 0.6 is 15.9 Å². The standard InChI is InChI=1S/C16H21BrN4O4S2/c1-12-16(13(2)19-18-12)27(24,25)21-9-3-8-20(10-11-21)26(22,23)15-6-4-14(17)5-7-15/h4-7H,3,8-11H2,1-2H3,(H,18,19). The van der Waals surface area contributed by atoms with Crippen LogP contribution in [0.2, 0.25) is 0 Å². The van der Waals surface area contributed by atoms with Gasteiger partial charge in [-0.3, -0.25) is 5.10 Å². The Morgan fingerprint density at radius 1 is 0.926 bits per heavy atom. The monoisotopic (exact) mass is 476 g/mol. The number of hydrogen-bond donors (Lipinski definition) is 1. The average molecular weight is 477 g/mol. The van der Waals surface area contributed by atoms with E-state index in [1.54, 1.807) is 26.0 Å². The Morgan fingerprint density at radius 2 is 1.48 bits per heavy atom. The Hall–Kier alpha value is -1.27. The minimum atomic E-state index is -3.73. The van der Waals surface area contributed by atoms with E-state index in [0.29, 0.717) is 17.8 Å². The number of nitrogens with zero attached hydrogens (tertiary/aromatic N) is 3. The highest BCUT2D eigenvalue weighted by Gasteiger charge is 2.33. The molecule has 0 radical (unpaired) electrons. The van der Waals surface area contributed by atoms with Crippen molar-refractivity contribution in [2.24, 2.45) is 0 Å². The quantitative estimate of drug-likeness (QED) is 0.725. The zero-order valence-electron chi connectivity index (χ0n) is 15.0. The van der Waals surface area contributed by atoms with E-state index >= 15 is 0 Å². The average Bonchev–Trinajstić information content (AvgIpc) is 2.82. The van der Waals surface area contributed by atoms with Crippen molar-refractivity contribution in [1.29, 1.82) is 0 Å². The van der Waals surface area contributed by atoms with Crippen molar-refractivity contribution in [1.82, 2.24) is 18.8 Å². The fourth-order valence-electron chi connectivity index (χ4n) is 3.16. The normalized spacial score (nSPS) is 17.7. The second kappa shape index (κ2) is 7.63. The predicted octanol–water partition coefficient (Wildman–Crippen LogP) is 1.87. The number of aromatic amines is 1. The molecule has 0 aliphatic carbocycles. The maximum atomic E-state index is 13.0. The second-order valence-corrected chi connectivity index (χ2v) is 11.1. The van der Waals surface area contributed by atoms with E-state index in [1.165, 1.54) is 20.7 Å². The predicted molar refractivity (Wildman–Crippen MR) is 104 cm³/mol. The molecule has 8 nitrogen and oxygen atoms in total. The summed E-state index contributed by atoms with van der Waals surface area (Å²) in [7, 11) is -7.40. The van der Waals surface area contributed by atoms with Crippen molar-refractivity contribution in [3.05, 3.63) is 40.1 Å². The highest BCUT2D eigenvalue weighted by atomic mass is 79.9. The van der Waals surface area contributed by atoms with Crippen molar-refractivity contribution in [3.8, 4) is 0 Å². The maximum Gasteiger partial charge on any atom is 0.246 e. The first-order chi connectivity index (χ1) is 12.6. The summed E-state index contributed by atoms with van der Waals surface area (Å²) in [4.78, 5) is 0.371. The fourth-order valence-corrected chi connectivity index (χ4v) is 6.69. The molecule has 0 unspecified atom stereocenters. The molecule has 0 amide bonds. The van der Waals surface area contributed by atoms with E-state index in [1.807, 2.05) is 0 Å². The van der Waals surface area contributed by atoms with Gasteiger partial charge < -0.3 is 0 Å². The Labute approximate surface area is 167 Å². The maximum absolute atomic E-state index is 13.0. The molecule has 0 atom stereocenters. The molecule has 11 heteroatoms.